The first kappa shape index (κ1) is 18.2. The predicted octanol–water partition coefficient (Wildman–Crippen LogP) is 5.13. The van der Waals surface area contributed by atoms with Gasteiger partial charge in [0.15, 0.2) is 5.13 Å². The van der Waals surface area contributed by atoms with E-state index in [-0.39, 0.29) is 5.91 Å². The Balaban J connectivity index is 1.75. The van der Waals surface area contributed by atoms with Gasteiger partial charge in [-0.15, -0.1) is 0 Å². The fraction of sp³-hybridized carbons (Fsp3) is 0.300. The summed E-state index contributed by atoms with van der Waals surface area (Å²) in [6, 6.07) is 13.0. The lowest BCUT2D eigenvalue weighted by molar-refractivity contribution is 0.102. The number of amides is 1. The Hall–Kier alpha value is -2.60. The molecule has 0 radical (unpaired) electrons. The van der Waals surface area contributed by atoms with Gasteiger partial charge in [0.2, 0.25) is 0 Å². The van der Waals surface area contributed by atoms with E-state index in [1.807, 2.05) is 37.3 Å². The second-order valence-corrected chi connectivity index (χ2v) is 6.76. The summed E-state index contributed by atoms with van der Waals surface area (Å²) in [7, 11) is 0. The fourth-order valence-electron chi connectivity index (χ4n) is 2.48. The van der Waals surface area contributed by atoms with Crippen LogP contribution in [0.4, 0.5) is 5.13 Å². The normalized spacial score (nSPS) is 10.7. The summed E-state index contributed by atoms with van der Waals surface area (Å²) in [5.41, 5.74) is 1.34. The minimum absolute atomic E-state index is 0.229. The Kier molecular flexibility index (Phi) is 6.07. The zero-order valence-electron chi connectivity index (χ0n) is 15.0. The molecule has 1 amide bonds. The van der Waals surface area contributed by atoms with Crippen molar-refractivity contribution in [2.45, 2.75) is 26.7 Å². The van der Waals surface area contributed by atoms with Crippen molar-refractivity contribution in [2.24, 2.45) is 0 Å². The van der Waals surface area contributed by atoms with Crippen molar-refractivity contribution < 1.29 is 14.3 Å². The molecule has 26 heavy (non-hydrogen) atoms. The molecule has 3 aromatic rings. The molecule has 136 valence electrons. The topological polar surface area (TPSA) is 60.5 Å². The van der Waals surface area contributed by atoms with Crippen LogP contribution in [-0.4, -0.2) is 24.1 Å². The van der Waals surface area contributed by atoms with Crippen LogP contribution in [0.2, 0.25) is 0 Å². The number of benzene rings is 2. The highest BCUT2D eigenvalue weighted by Gasteiger charge is 2.14. The molecule has 0 spiro atoms. The van der Waals surface area contributed by atoms with Gasteiger partial charge in [0, 0.05) is 0 Å². The number of hydrogen-bond acceptors (Lipinski definition) is 5. The van der Waals surface area contributed by atoms with E-state index in [1.54, 1.807) is 12.1 Å². The summed E-state index contributed by atoms with van der Waals surface area (Å²) >= 11 is 1.43. The van der Waals surface area contributed by atoms with Gasteiger partial charge in [0.05, 0.1) is 29.0 Å². The second-order valence-electron chi connectivity index (χ2n) is 5.73. The summed E-state index contributed by atoms with van der Waals surface area (Å²) in [4.78, 5) is 17.1. The lowest BCUT2D eigenvalue weighted by atomic mass is 10.2. The number of para-hydroxylation sites is 1. The van der Waals surface area contributed by atoms with E-state index in [0.717, 1.165) is 28.8 Å². The molecule has 0 bridgehead atoms. The van der Waals surface area contributed by atoms with Crippen molar-refractivity contribution >= 4 is 32.6 Å². The van der Waals surface area contributed by atoms with Crippen LogP contribution in [0.3, 0.4) is 0 Å². The van der Waals surface area contributed by atoms with E-state index in [9.17, 15) is 4.79 Å². The Morgan fingerprint density at radius 1 is 1.15 bits per heavy atom. The molecule has 3 rings (SSSR count). The highest BCUT2D eigenvalue weighted by atomic mass is 32.1. The van der Waals surface area contributed by atoms with E-state index < -0.39 is 0 Å². The number of carbonyl (C=O) groups is 1. The average Bonchev–Trinajstić information content (AvgIpc) is 3.04. The summed E-state index contributed by atoms with van der Waals surface area (Å²) < 4.78 is 12.2. The minimum Gasteiger partial charge on any atom is -0.494 e. The first-order valence-electron chi connectivity index (χ1n) is 8.77. The van der Waals surface area contributed by atoms with Gasteiger partial charge in [-0.25, -0.2) is 4.98 Å². The number of unbranched alkanes of at least 4 members (excludes halogenated alkanes) is 1. The van der Waals surface area contributed by atoms with Crippen molar-refractivity contribution in [1.29, 1.82) is 0 Å². The molecule has 1 heterocycles. The Morgan fingerprint density at radius 2 is 2.00 bits per heavy atom. The zero-order chi connectivity index (χ0) is 18.4. The number of fused-ring (bicyclic) bond motifs is 1. The maximum atomic E-state index is 12.6. The monoisotopic (exact) mass is 370 g/mol. The van der Waals surface area contributed by atoms with Gasteiger partial charge in [-0.3, -0.25) is 10.1 Å². The van der Waals surface area contributed by atoms with Crippen LogP contribution in [0.1, 0.15) is 37.0 Å². The number of rotatable bonds is 8. The Labute approximate surface area is 157 Å². The van der Waals surface area contributed by atoms with E-state index in [4.69, 9.17) is 9.47 Å². The molecule has 0 saturated heterocycles. The molecular weight excluding hydrogens is 348 g/mol. The molecular formula is C20H22N2O3S. The number of nitrogens with zero attached hydrogens (tertiary/aromatic N) is 1. The summed E-state index contributed by atoms with van der Waals surface area (Å²) in [6.07, 6.45) is 2.13. The predicted molar refractivity (Wildman–Crippen MR) is 106 cm³/mol. The molecule has 0 fully saturated rings. The lowest BCUT2D eigenvalue weighted by Crippen LogP contribution is -2.13. The average molecular weight is 370 g/mol. The van der Waals surface area contributed by atoms with Gasteiger partial charge in [-0.05, 0) is 43.7 Å². The number of ether oxygens (including phenoxy) is 2. The highest BCUT2D eigenvalue weighted by Crippen LogP contribution is 2.30. The standard InChI is InChI=1S/C20H22N2O3S/c1-3-5-12-25-14-10-11-16-18(13-14)26-20(21-16)22-19(23)15-8-6-7-9-17(15)24-4-2/h6-11,13H,3-5,12H2,1-2H3,(H,21,22,23). The molecule has 0 atom stereocenters. The molecule has 0 aliphatic heterocycles. The van der Waals surface area contributed by atoms with Gasteiger partial charge in [0.25, 0.3) is 5.91 Å². The Morgan fingerprint density at radius 3 is 2.81 bits per heavy atom. The zero-order valence-corrected chi connectivity index (χ0v) is 15.8. The quantitative estimate of drug-likeness (QED) is 0.559. The molecule has 0 aliphatic rings. The van der Waals surface area contributed by atoms with Gasteiger partial charge in [0.1, 0.15) is 11.5 Å². The third-order valence-corrected chi connectivity index (χ3v) is 4.71. The summed E-state index contributed by atoms with van der Waals surface area (Å²) in [5, 5.41) is 3.42. The molecule has 1 N–H and O–H groups in total. The fourth-order valence-corrected chi connectivity index (χ4v) is 3.37. The van der Waals surface area contributed by atoms with Gasteiger partial charge in [-0.1, -0.05) is 36.8 Å². The smallest absolute Gasteiger partial charge is 0.261 e. The van der Waals surface area contributed by atoms with E-state index in [2.05, 4.69) is 17.2 Å². The van der Waals surface area contributed by atoms with Gasteiger partial charge < -0.3 is 9.47 Å². The molecule has 0 aliphatic carbocycles. The van der Waals surface area contributed by atoms with Gasteiger partial charge >= 0.3 is 0 Å². The van der Waals surface area contributed by atoms with Crippen molar-refractivity contribution in [2.75, 3.05) is 18.5 Å². The van der Waals surface area contributed by atoms with Crippen molar-refractivity contribution in [3.8, 4) is 11.5 Å². The van der Waals surface area contributed by atoms with Crippen LogP contribution in [0, 0.1) is 0 Å². The van der Waals surface area contributed by atoms with E-state index >= 15 is 0 Å². The number of anilines is 1. The third-order valence-electron chi connectivity index (χ3n) is 3.78. The van der Waals surface area contributed by atoms with Crippen LogP contribution in [0.15, 0.2) is 42.5 Å². The number of hydrogen-bond donors (Lipinski definition) is 1. The van der Waals surface area contributed by atoms with Crippen LogP contribution in [-0.2, 0) is 0 Å². The van der Waals surface area contributed by atoms with Crippen molar-refractivity contribution in [1.82, 2.24) is 4.98 Å². The maximum Gasteiger partial charge on any atom is 0.261 e. The van der Waals surface area contributed by atoms with Crippen molar-refractivity contribution in [3.63, 3.8) is 0 Å². The van der Waals surface area contributed by atoms with E-state index in [0.29, 0.717) is 29.7 Å². The van der Waals surface area contributed by atoms with Crippen LogP contribution < -0.4 is 14.8 Å². The van der Waals surface area contributed by atoms with Crippen molar-refractivity contribution in [3.05, 3.63) is 48.0 Å². The first-order valence-corrected chi connectivity index (χ1v) is 9.59. The maximum absolute atomic E-state index is 12.6. The van der Waals surface area contributed by atoms with Crippen LogP contribution in [0.25, 0.3) is 10.2 Å². The Bertz CT molecular complexity index is 892. The minimum atomic E-state index is -0.229. The highest BCUT2D eigenvalue weighted by molar-refractivity contribution is 7.22. The number of aromatic nitrogens is 1. The molecule has 2 aromatic carbocycles. The lowest BCUT2D eigenvalue weighted by Gasteiger charge is -2.08. The van der Waals surface area contributed by atoms with E-state index in [1.165, 1.54) is 11.3 Å². The largest absolute Gasteiger partial charge is 0.494 e. The van der Waals surface area contributed by atoms with Gasteiger partial charge in [-0.2, -0.15) is 0 Å². The summed E-state index contributed by atoms with van der Waals surface area (Å²) in [6.45, 7) is 5.24. The number of carbonyl (C=O) groups excluding carboxylic acids is 1. The number of thiazole rings is 1. The molecule has 1 aromatic heterocycles. The summed E-state index contributed by atoms with van der Waals surface area (Å²) in [5.74, 6) is 1.17. The molecule has 5 nitrogen and oxygen atoms in total. The second kappa shape index (κ2) is 8.67. The van der Waals surface area contributed by atoms with Crippen LogP contribution in [0.5, 0.6) is 11.5 Å². The first-order chi connectivity index (χ1) is 12.7. The molecule has 6 heteroatoms. The SMILES string of the molecule is CCCCOc1ccc2nc(NC(=O)c3ccccc3OCC)sc2c1. The molecule has 0 saturated carbocycles. The molecule has 0 unspecified atom stereocenters. The number of nitrogens with one attached hydrogen (secondary N) is 1. The third kappa shape index (κ3) is 4.32. The van der Waals surface area contributed by atoms with Crippen LogP contribution >= 0.6 is 11.3 Å².